The number of likely N-dealkylation sites (tertiary alicyclic amines) is 2. The summed E-state index contributed by atoms with van der Waals surface area (Å²) in [6, 6.07) is 17.2. The predicted molar refractivity (Wildman–Crippen MR) is 343 cm³/mol. The van der Waals surface area contributed by atoms with E-state index < -0.39 is 17.2 Å². The molecule has 4 saturated carbocycles. The second-order valence-electron chi connectivity index (χ2n) is 29.5. The molecule has 18 heteroatoms. The normalized spacial score (nSPS) is 22.4. The number of amides is 4. The Morgan fingerprint density at radius 1 is 0.556 bits per heavy atom. The average Bonchev–Trinajstić information content (AvgIpc) is 1.58. The maximum atomic E-state index is 13.0. The molecule has 7 N–H and O–H groups in total. The van der Waals surface area contributed by atoms with Crippen LogP contribution in [0.25, 0.3) is 27.4 Å². The molecule has 4 amide bonds. The highest BCUT2D eigenvalue weighted by atomic mass is 16.6. The van der Waals surface area contributed by atoms with E-state index in [0.717, 1.165) is 140 Å². The van der Waals surface area contributed by atoms with Gasteiger partial charge in [-0.05, 0) is 237 Å². The number of H-pyrrole nitrogens is 2. The number of nitrogens with two attached hydrogens (primary N) is 1. The van der Waals surface area contributed by atoms with E-state index in [1.54, 1.807) is 28.0 Å². The van der Waals surface area contributed by atoms with Crippen LogP contribution in [-0.2, 0) is 31.5 Å². The molecule has 5 aromatic rings. The Labute approximate surface area is 526 Å². The van der Waals surface area contributed by atoms with Crippen molar-refractivity contribution in [1.29, 1.82) is 0 Å². The molecule has 2 aliphatic heterocycles. The number of ether oxygens (including phenoxy) is 2. The largest absolute Gasteiger partial charge is 0.478 e. The molecule has 2 aromatic heterocycles. The molecule has 0 bridgehead atoms. The first kappa shape index (κ1) is 62.6. The molecule has 2 unspecified atom stereocenters. The number of Topliss-reactive ketones (excluding diaryl/α,β-unsaturated/α-hetero) is 3. The van der Waals surface area contributed by atoms with Crippen molar-refractivity contribution >= 4 is 74.7 Å². The molecule has 3 spiro atoms. The molecular weight excluding hydrogens is 1140 g/mol. The van der Waals surface area contributed by atoms with Crippen LogP contribution in [0.1, 0.15) is 251 Å². The van der Waals surface area contributed by atoms with Gasteiger partial charge in [0.25, 0.3) is 11.8 Å². The van der Waals surface area contributed by atoms with Crippen molar-refractivity contribution in [3.05, 3.63) is 111 Å². The summed E-state index contributed by atoms with van der Waals surface area (Å²) in [4.78, 5) is 108. The quantitative estimate of drug-likeness (QED) is 0.0960. The summed E-state index contributed by atoms with van der Waals surface area (Å²) in [6.07, 6.45) is 21.1. The van der Waals surface area contributed by atoms with Crippen molar-refractivity contribution in [1.82, 2.24) is 30.4 Å². The van der Waals surface area contributed by atoms with E-state index in [0.29, 0.717) is 74.7 Å². The highest BCUT2D eigenvalue weighted by Gasteiger charge is 2.52. The van der Waals surface area contributed by atoms with Crippen molar-refractivity contribution < 1.29 is 52.9 Å². The van der Waals surface area contributed by atoms with E-state index in [1.807, 2.05) is 77.9 Å². The fourth-order valence-corrected chi connectivity index (χ4v) is 15.3. The van der Waals surface area contributed by atoms with Gasteiger partial charge in [-0.25, -0.2) is 14.4 Å². The van der Waals surface area contributed by atoms with Crippen molar-refractivity contribution in [2.24, 2.45) is 11.1 Å². The molecule has 4 heterocycles. The number of carbonyl (C=O) groups is 8. The van der Waals surface area contributed by atoms with Crippen LogP contribution in [0.2, 0.25) is 0 Å². The monoisotopic (exact) mass is 1230 g/mol. The summed E-state index contributed by atoms with van der Waals surface area (Å²) in [6.45, 7) is 13.5. The topological polar surface area (TPSA) is 263 Å². The molecule has 8 aliphatic carbocycles. The van der Waals surface area contributed by atoms with E-state index in [1.165, 1.54) is 42.4 Å². The smallest absolute Gasteiger partial charge is 0.410 e. The van der Waals surface area contributed by atoms with Gasteiger partial charge in [-0.15, -0.1) is 0 Å². The third-order valence-electron chi connectivity index (χ3n) is 20.4. The molecule has 90 heavy (non-hydrogen) atoms. The summed E-state index contributed by atoms with van der Waals surface area (Å²) < 4.78 is 10.6. The van der Waals surface area contributed by atoms with Crippen molar-refractivity contribution in [3.63, 3.8) is 0 Å². The van der Waals surface area contributed by atoms with E-state index in [4.69, 9.17) is 20.3 Å². The Balaban J connectivity index is 0.000000122. The fourth-order valence-electron chi connectivity index (χ4n) is 15.3. The molecule has 18 nitrogen and oxygen atoms in total. The molecule has 15 rings (SSSR count). The number of nitrogens with one attached hydrogen (secondary N) is 4. The molecule has 10 aliphatic rings. The minimum Gasteiger partial charge on any atom is -0.478 e. The third kappa shape index (κ3) is 13.1. The van der Waals surface area contributed by atoms with Gasteiger partial charge in [0.2, 0.25) is 0 Å². The maximum Gasteiger partial charge on any atom is 0.410 e. The summed E-state index contributed by atoms with van der Waals surface area (Å²) in [7, 11) is 0. The van der Waals surface area contributed by atoms with E-state index in [-0.39, 0.29) is 69.5 Å². The van der Waals surface area contributed by atoms with Gasteiger partial charge < -0.3 is 50.7 Å². The highest BCUT2D eigenvalue weighted by molar-refractivity contribution is 6.09. The zero-order valence-corrected chi connectivity index (χ0v) is 53.3. The summed E-state index contributed by atoms with van der Waals surface area (Å²) in [5, 5.41) is 17.4. The van der Waals surface area contributed by atoms with Gasteiger partial charge in [0.1, 0.15) is 11.2 Å². The number of ketones is 3. The second kappa shape index (κ2) is 24.2. The highest BCUT2D eigenvalue weighted by Crippen LogP contribution is 2.64. The van der Waals surface area contributed by atoms with Gasteiger partial charge in [0, 0.05) is 108 Å². The number of carboxylic acid groups (broad SMARTS) is 1. The predicted octanol–water partition coefficient (Wildman–Crippen LogP) is 12.7. The number of allylic oxidation sites excluding steroid dienone is 2. The van der Waals surface area contributed by atoms with Gasteiger partial charge in [-0.3, -0.25) is 24.0 Å². The van der Waals surface area contributed by atoms with Gasteiger partial charge in [0.15, 0.2) is 17.3 Å². The average molecular weight is 1230 g/mol. The zero-order chi connectivity index (χ0) is 63.7. The molecule has 2 saturated heterocycles. The van der Waals surface area contributed by atoms with Gasteiger partial charge >= 0.3 is 18.2 Å². The minimum absolute atomic E-state index is 0.0218. The molecule has 478 valence electrons. The summed E-state index contributed by atoms with van der Waals surface area (Å²) in [5.41, 5.74) is 17.0. The Morgan fingerprint density at radius 2 is 1.02 bits per heavy atom. The molecule has 2 atom stereocenters. The number of nitrogens with zero attached hydrogens (tertiary/aromatic N) is 2. The van der Waals surface area contributed by atoms with E-state index in [9.17, 15) is 38.4 Å². The van der Waals surface area contributed by atoms with Crippen LogP contribution in [0.4, 0.5) is 9.59 Å². The first-order chi connectivity index (χ1) is 42.8. The first-order valence-corrected chi connectivity index (χ1v) is 33.2. The van der Waals surface area contributed by atoms with E-state index >= 15 is 0 Å². The fraction of sp³-hybridized carbons (Fsp3) is 0.556. The number of carboxylic acids is 1. The van der Waals surface area contributed by atoms with Crippen LogP contribution in [0.15, 0.2) is 60.2 Å². The third-order valence-corrected chi connectivity index (χ3v) is 20.4. The Kier molecular flexibility index (Phi) is 16.8. The number of benzene rings is 3. The van der Waals surface area contributed by atoms with Crippen LogP contribution in [0.5, 0.6) is 0 Å². The standard InChI is InChI=1S/C26H32N2O4.C21H24N2O2.C16H15NO3.C9H18N2O2/c1-25(2,3)32-24(31)28-12-8-18(15-28)27-23(30)17-7-6-16-13-20-21(29)5-4-9-26(10-11-26)22(20)19(16)14-17;24-17-6-3-9-21(10-11-21)18-15-12-13(7-8-16(15)23-19(17)18)20(25)22-14-4-1-2-5-14;18-12-2-1-5-16(6-7-16)13-10-8-9(15(19)20)3-4-11(10)17-14(12)13;1-9(2,3)13-8(12)11-5-4-7(10)6-11/h6-7,14,18H,4-5,8-13,15H2,1-3H3,(H,27,30);7-8,12,14,23H,1-6,9-11H2,(H,22,25);3-4,8,17H,1-2,5-7H2,(H,19,20);7H,4-6,10H2,1-3H3. The minimum atomic E-state index is -0.924. The van der Waals surface area contributed by atoms with Crippen molar-refractivity contribution in [3.8, 4) is 0 Å². The van der Waals surface area contributed by atoms with Crippen molar-refractivity contribution in [2.75, 3.05) is 26.2 Å². The van der Waals surface area contributed by atoms with Gasteiger partial charge in [0.05, 0.1) is 17.0 Å². The van der Waals surface area contributed by atoms with Crippen LogP contribution in [-0.4, -0.2) is 128 Å². The lowest BCUT2D eigenvalue weighted by atomic mass is 9.86. The number of hydrogen-bond donors (Lipinski definition) is 6. The maximum absolute atomic E-state index is 13.0. The lowest BCUT2D eigenvalue weighted by molar-refractivity contribution is -0.115. The van der Waals surface area contributed by atoms with Crippen molar-refractivity contribution in [2.45, 2.75) is 223 Å². The number of aromatic carboxylic acids is 1. The van der Waals surface area contributed by atoms with Crippen LogP contribution in [0, 0.1) is 5.41 Å². The first-order valence-electron chi connectivity index (χ1n) is 33.2. The zero-order valence-electron chi connectivity index (χ0n) is 53.3. The number of rotatable bonds is 5. The number of aromatic nitrogens is 2. The Morgan fingerprint density at radius 3 is 1.53 bits per heavy atom. The van der Waals surface area contributed by atoms with Gasteiger partial charge in [-0.1, -0.05) is 18.9 Å². The molecule has 3 aromatic carbocycles. The van der Waals surface area contributed by atoms with Crippen LogP contribution < -0.4 is 16.4 Å². The Hall–Kier alpha value is -7.60. The lowest BCUT2D eigenvalue weighted by Gasteiger charge is -2.24. The summed E-state index contributed by atoms with van der Waals surface area (Å²) in [5.74, 6) is -0.342. The molecular formula is C72H89N7O11. The van der Waals surface area contributed by atoms with E-state index in [2.05, 4.69) is 20.6 Å². The molecule has 6 fully saturated rings. The number of fused-ring (bicyclic) bond motifs is 11. The van der Waals surface area contributed by atoms with Crippen LogP contribution in [0.3, 0.4) is 0 Å². The summed E-state index contributed by atoms with van der Waals surface area (Å²) >= 11 is 0. The lowest BCUT2D eigenvalue weighted by Crippen LogP contribution is -2.40. The van der Waals surface area contributed by atoms with Crippen LogP contribution >= 0.6 is 0 Å². The number of hydrogen-bond acceptors (Lipinski definition) is 11. The number of aromatic amines is 2. The number of carbonyl (C=O) groups excluding carboxylic acids is 7. The van der Waals surface area contributed by atoms with Gasteiger partial charge in [-0.2, -0.15) is 0 Å². The Bertz CT molecular complexity index is 3760. The SMILES string of the molecule is CC(C)(C)OC(=O)N1CCC(N)C1.CC(C)(C)OC(=O)N1CCC(NC(=O)c2ccc3c(c2)C2=C(C3)C(=O)CCCC23CC3)C1.O=C(NC1CCCC1)c1ccc2[nH]c3c(c2c1)C1(CCCC3=O)CC1.O=C(O)c1ccc2[nH]c3c(c2c1)C1(CCCC3=O)CC1. The second-order valence-corrected chi connectivity index (χ2v) is 29.5. The molecule has 0 radical (unpaired) electrons.